The van der Waals surface area contributed by atoms with Crippen molar-refractivity contribution in [3.05, 3.63) is 35.6 Å². The Bertz CT molecular complexity index is 380. The van der Waals surface area contributed by atoms with Gasteiger partial charge in [-0.3, -0.25) is 0 Å². The third-order valence-corrected chi connectivity index (χ3v) is 3.32. The zero-order chi connectivity index (χ0) is 13.1. The Morgan fingerprint density at radius 2 is 1.82 bits per heavy atom. The van der Waals surface area contributed by atoms with Gasteiger partial charge in [-0.1, -0.05) is 34.1 Å². The summed E-state index contributed by atoms with van der Waals surface area (Å²) in [5.74, 6) is -0.586. The predicted octanol–water partition coefficient (Wildman–Crippen LogP) is 4.01. The van der Waals surface area contributed by atoms with Crippen LogP contribution in [0.25, 0.3) is 0 Å². The zero-order valence-electron chi connectivity index (χ0n) is 9.02. The van der Waals surface area contributed by atoms with E-state index in [0.717, 1.165) is 0 Å². The summed E-state index contributed by atoms with van der Waals surface area (Å²) in [6.07, 6.45) is -4.44. The van der Waals surface area contributed by atoms with Crippen LogP contribution in [0.3, 0.4) is 0 Å². The molecule has 0 bridgehead atoms. The molecule has 96 valence electrons. The highest BCUT2D eigenvalue weighted by Gasteiger charge is 2.36. The summed E-state index contributed by atoms with van der Waals surface area (Å²) in [5, 5.41) is 0.0665. The van der Waals surface area contributed by atoms with Crippen molar-refractivity contribution >= 4 is 15.9 Å². The van der Waals surface area contributed by atoms with Crippen molar-refractivity contribution in [3.8, 4) is 0 Å². The minimum absolute atomic E-state index is 0.0665. The second kappa shape index (κ2) is 5.35. The second-order valence-electron chi connectivity index (χ2n) is 3.75. The van der Waals surface area contributed by atoms with E-state index in [-0.39, 0.29) is 10.9 Å². The Balaban J connectivity index is 2.93. The minimum Gasteiger partial charge on any atom is -0.360 e. The maximum absolute atomic E-state index is 13.5. The highest BCUT2D eigenvalue weighted by atomic mass is 79.9. The summed E-state index contributed by atoms with van der Waals surface area (Å²) in [6.45, 7) is -0.00463. The molecule has 0 N–H and O–H groups in total. The largest absolute Gasteiger partial charge is 0.411 e. The molecule has 0 spiro atoms. The van der Waals surface area contributed by atoms with Gasteiger partial charge in [-0.15, -0.1) is 0 Å². The summed E-state index contributed by atoms with van der Waals surface area (Å²) < 4.78 is 54.6. The molecule has 0 aromatic heterocycles. The van der Waals surface area contributed by atoms with E-state index in [1.54, 1.807) is 6.07 Å². The molecule has 0 saturated carbocycles. The fraction of sp³-hybridized carbons (Fsp3) is 0.455. The number of hydrogen-bond donors (Lipinski definition) is 0. The molecule has 1 aromatic rings. The van der Waals surface area contributed by atoms with Gasteiger partial charge in [0.2, 0.25) is 0 Å². The molecule has 1 unspecified atom stereocenters. The fourth-order valence-electron chi connectivity index (χ4n) is 1.32. The number of benzene rings is 1. The van der Waals surface area contributed by atoms with Crippen molar-refractivity contribution in [1.82, 2.24) is 0 Å². The number of halogens is 5. The van der Waals surface area contributed by atoms with Crippen molar-refractivity contribution in [2.45, 2.75) is 18.7 Å². The molecule has 0 radical (unpaired) electrons. The van der Waals surface area contributed by atoms with Gasteiger partial charge < -0.3 is 4.74 Å². The molecule has 0 saturated heterocycles. The molecule has 17 heavy (non-hydrogen) atoms. The van der Waals surface area contributed by atoms with E-state index in [1.807, 2.05) is 0 Å². The first-order valence-electron chi connectivity index (χ1n) is 4.80. The summed E-state index contributed by atoms with van der Waals surface area (Å²) in [6, 6.07) is 5.62. The number of alkyl halides is 4. The SMILES string of the molecule is CC(CBr)(OCC(F)(F)F)c1ccccc1F. The molecule has 0 amide bonds. The van der Waals surface area contributed by atoms with Crippen LogP contribution in [0.15, 0.2) is 24.3 Å². The van der Waals surface area contributed by atoms with Crippen molar-refractivity contribution in [3.63, 3.8) is 0 Å². The Morgan fingerprint density at radius 1 is 1.24 bits per heavy atom. The standard InChI is InChI=1S/C11H11BrF4O/c1-10(6-12,17-7-11(14,15)16)8-4-2-3-5-9(8)13/h2-5H,6-7H2,1H3. The van der Waals surface area contributed by atoms with Crippen LogP contribution in [0, 0.1) is 5.82 Å². The second-order valence-corrected chi connectivity index (χ2v) is 4.31. The maximum atomic E-state index is 13.5. The average molecular weight is 315 g/mol. The van der Waals surface area contributed by atoms with Crippen LogP contribution in [0.4, 0.5) is 17.6 Å². The normalized spacial score (nSPS) is 15.6. The van der Waals surface area contributed by atoms with Crippen LogP contribution >= 0.6 is 15.9 Å². The van der Waals surface area contributed by atoms with E-state index in [9.17, 15) is 17.6 Å². The highest BCUT2D eigenvalue weighted by molar-refractivity contribution is 9.09. The van der Waals surface area contributed by atoms with Gasteiger partial charge in [0.25, 0.3) is 0 Å². The van der Waals surface area contributed by atoms with Crippen molar-refractivity contribution < 1.29 is 22.3 Å². The third-order valence-electron chi connectivity index (χ3n) is 2.25. The fourth-order valence-corrected chi connectivity index (χ4v) is 1.78. The van der Waals surface area contributed by atoms with E-state index < -0.39 is 24.2 Å². The lowest BCUT2D eigenvalue weighted by Gasteiger charge is -2.29. The summed E-state index contributed by atoms with van der Waals surface area (Å²) >= 11 is 3.05. The molecule has 0 aliphatic rings. The number of hydrogen-bond acceptors (Lipinski definition) is 1. The molecular weight excluding hydrogens is 304 g/mol. The van der Waals surface area contributed by atoms with Crippen LogP contribution in [0.5, 0.6) is 0 Å². The highest BCUT2D eigenvalue weighted by Crippen LogP contribution is 2.31. The Labute approximate surface area is 105 Å². The number of rotatable bonds is 4. The first-order chi connectivity index (χ1) is 7.78. The van der Waals surface area contributed by atoms with Crippen molar-refractivity contribution in [2.24, 2.45) is 0 Å². The molecule has 1 nitrogen and oxygen atoms in total. The summed E-state index contributed by atoms with van der Waals surface area (Å²) in [7, 11) is 0. The molecule has 1 aromatic carbocycles. The van der Waals surface area contributed by atoms with Gasteiger partial charge in [0, 0.05) is 10.9 Å². The molecule has 0 heterocycles. The van der Waals surface area contributed by atoms with Gasteiger partial charge in [-0.05, 0) is 13.0 Å². The monoisotopic (exact) mass is 314 g/mol. The van der Waals surface area contributed by atoms with Crippen LogP contribution in [0.1, 0.15) is 12.5 Å². The lowest BCUT2D eigenvalue weighted by atomic mass is 9.97. The average Bonchev–Trinajstić information content (AvgIpc) is 2.26. The Morgan fingerprint density at radius 3 is 2.29 bits per heavy atom. The van der Waals surface area contributed by atoms with Gasteiger partial charge in [-0.2, -0.15) is 13.2 Å². The smallest absolute Gasteiger partial charge is 0.360 e. The van der Waals surface area contributed by atoms with Gasteiger partial charge in [0.05, 0.1) is 0 Å². The Hall–Kier alpha value is -0.620. The van der Waals surface area contributed by atoms with Gasteiger partial charge >= 0.3 is 6.18 Å². The van der Waals surface area contributed by atoms with Crippen LogP contribution in [0.2, 0.25) is 0 Å². The zero-order valence-corrected chi connectivity index (χ0v) is 10.6. The van der Waals surface area contributed by atoms with E-state index in [4.69, 9.17) is 4.74 Å². The first kappa shape index (κ1) is 14.4. The van der Waals surface area contributed by atoms with E-state index in [1.165, 1.54) is 25.1 Å². The topological polar surface area (TPSA) is 9.23 Å². The van der Waals surface area contributed by atoms with Gasteiger partial charge in [-0.25, -0.2) is 4.39 Å². The van der Waals surface area contributed by atoms with Crippen molar-refractivity contribution in [2.75, 3.05) is 11.9 Å². The molecule has 0 aliphatic carbocycles. The number of ether oxygens (including phenoxy) is 1. The quantitative estimate of drug-likeness (QED) is 0.602. The molecule has 6 heteroatoms. The summed E-state index contributed by atoms with van der Waals surface area (Å²) in [5.41, 5.74) is -1.25. The van der Waals surface area contributed by atoms with Crippen molar-refractivity contribution in [1.29, 1.82) is 0 Å². The molecule has 1 atom stereocenters. The van der Waals surface area contributed by atoms with Gasteiger partial charge in [0.1, 0.15) is 18.0 Å². The lowest BCUT2D eigenvalue weighted by molar-refractivity contribution is -0.201. The molecule has 0 aliphatic heterocycles. The summed E-state index contributed by atoms with van der Waals surface area (Å²) in [4.78, 5) is 0. The third kappa shape index (κ3) is 3.96. The lowest BCUT2D eigenvalue weighted by Crippen LogP contribution is -2.33. The maximum Gasteiger partial charge on any atom is 0.411 e. The van der Waals surface area contributed by atoms with E-state index in [2.05, 4.69) is 15.9 Å². The molecule has 1 rings (SSSR count). The van der Waals surface area contributed by atoms with Crippen LogP contribution in [-0.2, 0) is 10.3 Å². The van der Waals surface area contributed by atoms with Crippen LogP contribution < -0.4 is 0 Å². The predicted molar refractivity (Wildman–Crippen MR) is 59.6 cm³/mol. The molecule has 0 fully saturated rings. The molecular formula is C11H11BrF4O. The van der Waals surface area contributed by atoms with Crippen LogP contribution in [-0.4, -0.2) is 18.1 Å². The first-order valence-corrected chi connectivity index (χ1v) is 5.92. The minimum atomic E-state index is -4.44. The van der Waals surface area contributed by atoms with E-state index in [0.29, 0.717) is 0 Å². The van der Waals surface area contributed by atoms with Gasteiger partial charge in [0.15, 0.2) is 0 Å². The Kier molecular flexibility index (Phi) is 4.55. The van der Waals surface area contributed by atoms with E-state index >= 15 is 0 Å².